The second-order valence-electron chi connectivity index (χ2n) is 5.22. The first kappa shape index (κ1) is 15.7. The second kappa shape index (κ2) is 7.36. The number of hydrogen-bond donors (Lipinski definition) is 0. The molecule has 0 aliphatic rings. The minimum atomic E-state index is -0.571. The quantitative estimate of drug-likeness (QED) is 0.636. The van der Waals surface area contributed by atoms with Gasteiger partial charge in [0.2, 0.25) is 5.43 Å². The van der Waals surface area contributed by atoms with E-state index in [1.165, 1.54) is 18.2 Å². The number of hydrogen-bond acceptors (Lipinski definition) is 3. The van der Waals surface area contributed by atoms with Gasteiger partial charge in [0.1, 0.15) is 0 Å². The predicted octanol–water partition coefficient (Wildman–Crippen LogP) is 3.79. The number of rotatable bonds is 4. The summed E-state index contributed by atoms with van der Waals surface area (Å²) in [5.74, 6) is -0.297. The van der Waals surface area contributed by atoms with E-state index < -0.39 is 5.97 Å². The topological polar surface area (TPSA) is 43.4 Å². The van der Waals surface area contributed by atoms with E-state index in [2.05, 4.69) is 0 Å². The molecular formula is C19H18O3. The molecule has 0 heterocycles. The molecule has 0 saturated carbocycles. The summed E-state index contributed by atoms with van der Waals surface area (Å²) in [6.07, 6.45) is 2.96. The highest BCUT2D eigenvalue weighted by atomic mass is 16.5. The standard InChI is InChI=1S/C19H18O3/c1-14(2)16-9-6-10-18(17(20)13-16)22-19(21)12-11-15-7-4-3-5-8-15/h3-14H,1-2H3/b12-11+. The molecule has 0 radical (unpaired) electrons. The maximum atomic E-state index is 12.1. The van der Waals surface area contributed by atoms with Crippen LogP contribution in [-0.2, 0) is 4.79 Å². The maximum Gasteiger partial charge on any atom is 0.336 e. The summed E-state index contributed by atoms with van der Waals surface area (Å²) in [4.78, 5) is 23.9. The molecule has 2 aromatic carbocycles. The lowest BCUT2D eigenvalue weighted by Gasteiger charge is -1.99. The highest BCUT2D eigenvalue weighted by molar-refractivity contribution is 5.88. The Hall–Kier alpha value is -2.68. The molecule has 0 aliphatic heterocycles. The molecule has 0 atom stereocenters. The van der Waals surface area contributed by atoms with Gasteiger partial charge in [-0.3, -0.25) is 4.79 Å². The summed E-state index contributed by atoms with van der Waals surface area (Å²) in [5.41, 5.74) is 1.50. The molecule has 2 rings (SSSR count). The van der Waals surface area contributed by atoms with Crippen LogP contribution in [0, 0.1) is 0 Å². The van der Waals surface area contributed by atoms with E-state index in [1.807, 2.05) is 50.2 Å². The number of ether oxygens (including phenoxy) is 1. The summed E-state index contributed by atoms with van der Waals surface area (Å²) in [6.45, 7) is 4.01. The molecule has 0 bridgehead atoms. The van der Waals surface area contributed by atoms with Crippen molar-refractivity contribution < 1.29 is 9.53 Å². The van der Waals surface area contributed by atoms with Gasteiger partial charge in [-0.2, -0.15) is 0 Å². The third-order valence-corrected chi connectivity index (χ3v) is 3.17. The molecule has 0 spiro atoms. The van der Waals surface area contributed by atoms with Crippen molar-refractivity contribution in [2.24, 2.45) is 0 Å². The second-order valence-corrected chi connectivity index (χ2v) is 5.22. The molecule has 3 nitrogen and oxygen atoms in total. The van der Waals surface area contributed by atoms with Crippen LogP contribution in [-0.4, -0.2) is 5.97 Å². The summed E-state index contributed by atoms with van der Waals surface area (Å²) in [5, 5.41) is 0. The monoisotopic (exact) mass is 294 g/mol. The Morgan fingerprint density at radius 3 is 2.45 bits per heavy atom. The van der Waals surface area contributed by atoms with Crippen LogP contribution in [0.1, 0.15) is 30.9 Å². The average Bonchev–Trinajstić information content (AvgIpc) is 2.69. The Kier molecular flexibility index (Phi) is 5.26. The van der Waals surface area contributed by atoms with Crippen molar-refractivity contribution in [1.82, 2.24) is 0 Å². The summed E-state index contributed by atoms with van der Waals surface area (Å²) in [7, 11) is 0. The van der Waals surface area contributed by atoms with Gasteiger partial charge in [0.05, 0.1) is 0 Å². The van der Waals surface area contributed by atoms with Gasteiger partial charge in [0.25, 0.3) is 0 Å². The van der Waals surface area contributed by atoms with E-state index in [4.69, 9.17) is 4.74 Å². The van der Waals surface area contributed by atoms with Gasteiger partial charge in [-0.25, -0.2) is 4.79 Å². The zero-order chi connectivity index (χ0) is 15.9. The van der Waals surface area contributed by atoms with Gasteiger partial charge in [-0.05, 0) is 35.3 Å². The minimum Gasteiger partial charge on any atom is -0.419 e. The Morgan fingerprint density at radius 1 is 1.05 bits per heavy atom. The van der Waals surface area contributed by atoms with Crippen LogP contribution in [0.15, 0.2) is 65.5 Å². The first-order valence-electron chi connectivity index (χ1n) is 7.15. The zero-order valence-electron chi connectivity index (χ0n) is 12.7. The van der Waals surface area contributed by atoms with E-state index in [0.717, 1.165) is 11.1 Å². The molecule has 0 amide bonds. The third kappa shape index (κ3) is 4.42. The van der Waals surface area contributed by atoms with Crippen LogP contribution in [0.2, 0.25) is 0 Å². The fourth-order valence-electron chi connectivity index (χ4n) is 1.91. The lowest BCUT2D eigenvalue weighted by Crippen LogP contribution is -2.10. The largest absolute Gasteiger partial charge is 0.419 e. The normalized spacial score (nSPS) is 10.9. The first-order chi connectivity index (χ1) is 10.6. The van der Waals surface area contributed by atoms with Crippen molar-refractivity contribution in [2.75, 3.05) is 0 Å². The number of benzene rings is 1. The van der Waals surface area contributed by atoms with E-state index >= 15 is 0 Å². The Bertz CT molecular complexity index is 731. The van der Waals surface area contributed by atoms with Gasteiger partial charge in [0, 0.05) is 6.08 Å². The third-order valence-electron chi connectivity index (χ3n) is 3.17. The van der Waals surface area contributed by atoms with Crippen LogP contribution in [0.3, 0.4) is 0 Å². The molecule has 3 heteroatoms. The Morgan fingerprint density at radius 2 is 1.77 bits per heavy atom. The van der Waals surface area contributed by atoms with Crippen molar-refractivity contribution in [3.8, 4) is 5.75 Å². The van der Waals surface area contributed by atoms with Crippen molar-refractivity contribution >= 4 is 12.0 Å². The minimum absolute atomic E-state index is 0.0367. The molecule has 112 valence electrons. The molecule has 2 aromatic rings. The van der Waals surface area contributed by atoms with Gasteiger partial charge in [-0.1, -0.05) is 56.3 Å². The molecule has 0 saturated heterocycles. The average molecular weight is 294 g/mol. The molecule has 0 aliphatic carbocycles. The molecular weight excluding hydrogens is 276 g/mol. The van der Waals surface area contributed by atoms with E-state index in [9.17, 15) is 9.59 Å². The van der Waals surface area contributed by atoms with E-state index in [0.29, 0.717) is 0 Å². The van der Waals surface area contributed by atoms with Gasteiger partial charge in [-0.15, -0.1) is 0 Å². The zero-order valence-corrected chi connectivity index (χ0v) is 12.7. The number of carbonyl (C=O) groups is 1. The van der Waals surface area contributed by atoms with Crippen molar-refractivity contribution in [3.63, 3.8) is 0 Å². The van der Waals surface area contributed by atoms with Crippen molar-refractivity contribution in [1.29, 1.82) is 0 Å². The van der Waals surface area contributed by atoms with Crippen LogP contribution in [0.25, 0.3) is 6.08 Å². The lowest BCUT2D eigenvalue weighted by atomic mass is 10.1. The molecule has 22 heavy (non-hydrogen) atoms. The van der Waals surface area contributed by atoms with Crippen LogP contribution < -0.4 is 10.2 Å². The smallest absolute Gasteiger partial charge is 0.336 e. The molecule has 0 unspecified atom stereocenters. The number of carbonyl (C=O) groups excluding carboxylic acids is 1. The fourth-order valence-corrected chi connectivity index (χ4v) is 1.91. The highest BCUT2D eigenvalue weighted by Gasteiger charge is 2.06. The van der Waals surface area contributed by atoms with Crippen molar-refractivity contribution in [3.05, 3.63) is 82.0 Å². The summed E-state index contributed by atoms with van der Waals surface area (Å²) >= 11 is 0. The SMILES string of the molecule is CC(C)c1cccc(OC(=O)/C=C/c2ccccc2)c(=O)c1. The first-order valence-corrected chi connectivity index (χ1v) is 7.15. The Labute approximate surface area is 129 Å². The fraction of sp³-hybridized carbons (Fsp3) is 0.158. The molecule has 0 fully saturated rings. The van der Waals surface area contributed by atoms with Crippen LogP contribution in [0.5, 0.6) is 5.75 Å². The van der Waals surface area contributed by atoms with E-state index in [1.54, 1.807) is 12.1 Å². The lowest BCUT2D eigenvalue weighted by molar-refractivity contribution is -0.128. The highest BCUT2D eigenvalue weighted by Crippen LogP contribution is 2.13. The predicted molar refractivity (Wildman–Crippen MR) is 87.9 cm³/mol. The molecule has 0 N–H and O–H groups in total. The Balaban J connectivity index is 2.14. The van der Waals surface area contributed by atoms with Gasteiger partial charge in [0.15, 0.2) is 5.75 Å². The number of esters is 1. The van der Waals surface area contributed by atoms with Crippen molar-refractivity contribution in [2.45, 2.75) is 19.8 Å². The van der Waals surface area contributed by atoms with Crippen LogP contribution in [0.4, 0.5) is 0 Å². The van der Waals surface area contributed by atoms with Gasteiger partial charge < -0.3 is 4.74 Å². The summed E-state index contributed by atoms with van der Waals surface area (Å²) in [6, 6.07) is 16.0. The van der Waals surface area contributed by atoms with Gasteiger partial charge >= 0.3 is 5.97 Å². The van der Waals surface area contributed by atoms with Crippen LogP contribution >= 0.6 is 0 Å². The maximum absolute atomic E-state index is 12.1. The summed E-state index contributed by atoms with van der Waals surface area (Å²) < 4.78 is 5.12. The van der Waals surface area contributed by atoms with E-state index in [-0.39, 0.29) is 17.1 Å². The molecule has 0 aromatic heterocycles.